The number of unbranched alkanes of at least 4 members (excludes halogenated alkanes) is 1. The number of amides is 3. The molecule has 320 valence electrons. The molecule has 3 aromatic rings. The first-order valence-corrected chi connectivity index (χ1v) is 19.4. The molecule has 0 aliphatic carbocycles. The molecule has 0 spiro atoms. The summed E-state index contributed by atoms with van der Waals surface area (Å²) in [6.45, 7) is 1.61. The molecule has 5 atom stereocenters. The number of aliphatic hydroxyl groups excluding tert-OH is 3. The van der Waals surface area contributed by atoms with Crippen LogP contribution in [-0.4, -0.2) is 117 Å². The van der Waals surface area contributed by atoms with Gasteiger partial charge in [0.15, 0.2) is 6.10 Å². The minimum Gasteiger partial charge on any atom is -0.479 e. The van der Waals surface area contributed by atoms with Crippen molar-refractivity contribution < 1.29 is 53.8 Å². The molecule has 0 bridgehead atoms. The van der Waals surface area contributed by atoms with Crippen LogP contribution >= 0.6 is 0 Å². The number of anilines is 3. The van der Waals surface area contributed by atoms with E-state index in [0.29, 0.717) is 48.3 Å². The van der Waals surface area contributed by atoms with Gasteiger partial charge in [-0.2, -0.15) is 5.26 Å². The van der Waals surface area contributed by atoms with Crippen molar-refractivity contribution in [2.24, 2.45) is 16.6 Å². The van der Waals surface area contributed by atoms with Gasteiger partial charge in [0, 0.05) is 50.0 Å². The third-order valence-electron chi connectivity index (χ3n) is 9.79. The molecule has 20 nitrogen and oxygen atoms in total. The maximum absolute atomic E-state index is 13.4. The number of pyridine rings is 1. The van der Waals surface area contributed by atoms with Gasteiger partial charge in [0.05, 0.1) is 17.6 Å². The van der Waals surface area contributed by atoms with Gasteiger partial charge in [-0.15, -0.1) is 4.99 Å². The smallest absolute Gasteiger partial charge is 0.411 e. The Morgan fingerprint density at radius 2 is 1.75 bits per heavy atom. The number of nitrogens with one attached hydrogen (secondary N) is 4. The SMILES string of the molecule is N#C/N=C(\NCCCCC1CCN(C(=O)c2cccc(NC(=O)OCc3ccc(O[C@@H]4O[C@H](C(=O)O)[C@@H](O)[C@H](O)[C@H]4O)c(NC(=O)CCN)c3)c2)CC1)Nc1cccnc1. The van der Waals surface area contributed by atoms with Crippen LogP contribution in [0.4, 0.5) is 21.9 Å². The average Bonchev–Trinajstić information content (AvgIpc) is 3.24. The summed E-state index contributed by atoms with van der Waals surface area (Å²) < 4.78 is 16.2. The molecule has 2 aliphatic rings. The second-order valence-electron chi connectivity index (χ2n) is 14.1. The minimum absolute atomic E-state index is 0.0295. The summed E-state index contributed by atoms with van der Waals surface area (Å²) >= 11 is 0. The molecule has 0 saturated carbocycles. The predicted octanol–water partition coefficient (Wildman–Crippen LogP) is 1.95. The molecule has 60 heavy (non-hydrogen) atoms. The lowest BCUT2D eigenvalue weighted by Crippen LogP contribution is -2.61. The van der Waals surface area contributed by atoms with Crippen molar-refractivity contribution in [1.82, 2.24) is 15.2 Å². The number of piperidine rings is 1. The van der Waals surface area contributed by atoms with E-state index in [9.17, 15) is 39.6 Å². The van der Waals surface area contributed by atoms with E-state index >= 15 is 0 Å². The standard InChI is InChI=1S/C40H49N9O11/c41-14-11-31(50)48-29-19-25(9-10-30(29)59-38-34(53)32(51)33(52)35(60-38)37(55)56)22-58-40(57)47-27-7-3-6-26(20-27)36(54)49-17-12-24(13-18-49)5-1-2-16-44-39(45-23-42)46-28-8-4-15-43-21-28/h3-4,6-10,15,19-21,24,32-35,38,51-53H,1-2,5,11-14,16-18,22,41H2,(H,47,57)(H,48,50)(H,55,56)(H2,44,45,46)/t32-,33-,34+,35-,38+/m0/s1. The Morgan fingerprint density at radius 3 is 2.47 bits per heavy atom. The number of hydrogen-bond acceptors (Lipinski definition) is 14. The fraction of sp³-hybridized carbons (Fsp3) is 0.425. The van der Waals surface area contributed by atoms with Gasteiger partial charge < -0.3 is 61.2 Å². The van der Waals surface area contributed by atoms with Crippen molar-refractivity contribution in [1.29, 1.82) is 5.26 Å². The van der Waals surface area contributed by atoms with Gasteiger partial charge in [-0.25, -0.2) is 9.59 Å². The van der Waals surface area contributed by atoms with Crippen LogP contribution in [-0.2, 0) is 25.7 Å². The van der Waals surface area contributed by atoms with Crippen LogP contribution < -0.4 is 31.7 Å². The number of carbonyl (C=O) groups is 4. The number of nitrogens with zero attached hydrogens (tertiary/aromatic N) is 4. The van der Waals surface area contributed by atoms with E-state index in [1.54, 1.807) is 53.8 Å². The van der Waals surface area contributed by atoms with Gasteiger partial charge in [-0.3, -0.25) is 19.9 Å². The van der Waals surface area contributed by atoms with Crippen molar-refractivity contribution in [3.8, 4) is 11.9 Å². The maximum Gasteiger partial charge on any atom is 0.411 e. The molecule has 3 amide bonds. The van der Waals surface area contributed by atoms with Gasteiger partial charge >= 0.3 is 12.1 Å². The Kier molecular flexibility index (Phi) is 16.5. The summed E-state index contributed by atoms with van der Waals surface area (Å²) in [7, 11) is 0. The maximum atomic E-state index is 13.4. The second-order valence-corrected chi connectivity index (χ2v) is 14.1. The van der Waals surface area contributed by atoms with Gasteiger partial charge in [0.2, 0.25) is 24.3 Å². The molecule has 2 saturated heterocycles. The number of aliphatic carboxylic acids is 1. The number of aliphatic imine (C=N–C) groups is 1. The third kappa shape index (κ3) is 12.8. The van der Waals surface area contributed by atoms with Gasteiger partial charge in [0.25, 0.3) is 5.91 Å². The average molecular weight is 832 g/mol. The molecule has 10 N–H and O–H groups in total. The van der Waals surface area contributed by atoms with Crippen LogP contribution in [0, 0.1) is 17.4 Å². The Morgan fingerprint density at radius 1 is 0.967 bits per heavy atom. The van der Waals surface area contributed by atoms with E-state index in [1.807, 2.05) is 6.07 Å². The molecule has 3 heterocycles. The lowest BCUT2D eigenvalue weighted by molar-refractivity contribution is -0.271. The number of ether oxygens (including phenoxy) is 3. The van der Waals surface area contributed by atoms with Gasteiger partial charge in [0.1, 0.15) is 30.7 Å². The predicted molar refractivity (Wildman–Crippen MR) is 215 cm³/mol. The Hall–Kier alpha value is -6.37. The Bertz CT molecular complexity index is 2010. The molecule has 5 rings (SSSR count). The van der Waals surface area contributed by atoms with Gasteiger partial charge in [-0.1, -0.05) is 25.0 Å². The van der Waals surface area contributed by atoms with Crippen LogP contribution in [0.25, 0.3) is 0 Å². The number of nitriles is 1. The van der Waals surface area contributed by atoms with E-state index < -0.39 is 48.7 Å². The molecular formula is C40H49N9O11. The lowest BCUT2D eigenvalue weighted by Gasteiger charge is -2.38. The third-order valence-corrected chi connectivity index (χ3v) is 9.79. The number of likely N-dealkylation sites (tertiary alicyclic amines) is 1. The number of aromatic nitrogens is 1. The van der Waals surface area contributed by atoms with Crippen LogP contribution in [0.5, 0.6) is 5.75 Å². The zero-order chi connectivity index (χ0) is 43.0. The summed E-state index contributed by atoms with van der Waals surface area (Å²) in [5.41, 5.74) is 7.40. The van der Waals surface area contributed by atoms with E-state index in [0.717, 1.165) is 37.8 Å². The van der Waals surface area contributed by atoms with Crippen molar-refractivity contribution in [2.75, 3.05) is 42.1 Å². The first-order chi connectivity index (χ1) is 28.9. The molecule has 2 aromatic carbocycles. The Balaban J connectivity index is 1.08. The van der Waals surface area contributed by atoms with Crippen molar-refractivity contribution >= 4 is 46.9 Å². The van der Waals surface area contributed by atoms with Crippen LogP contribution in [0.15, 0.2) is 72.0 Å². The van der Waals surface area contributed by atoms with E-state index in [2.05, 4.69) is 31.2 Å². The topological polar surface area (TPSA) is 303 Å². The van der Waals surface area contributed by atoms with Crippen molar-refractivity contribution in [3.63, 3.8) is 0 Å². The number of benzene rings is 2. The molecule has 0 radical (unpaired) electrons. The van der Waals surface area contributed by atoms with Crippen molar-refractivity contribution in [2.45, 2.75) is 75.8 Å². The number of rotatable bonds is 16. The molecule has 20 heteroatoms. The summed E-state index contributed by atoms with van der Waals surface area (Å²) in [5, 5.41) is 60.4. The normalized spacial score (nSPS) is 20.6. The molecule has 2 fully saturated rings. The lowest BCUT2D eigenvalue weighted by atomic mass is 9.91. The summed E-state index contributed by atoms with van der Waals surface area (Å²) in [4.78, 5) is 59.9. The fourth-order valence-electron chi connectivity index (χ4n) is 6.63. The first kappa shape index (κ1) is 44.7. The zero-order valence-electron chi connectivity index (χ0n) is 32.6. The number of nitrogens with two attached hydrogens (primary N) is 1. The molecular weight excluding hydrogens is 782 g/mol. The summed E-state index contributed by atoms with van der Waals surface area (Å²) in [6.07, 6.45) is -0.509. The second kappa shape index (κ2) is 22.1. The molecule has 0 unspecified atom stereocenters. The highest BCUT2D eigenvalue weighted by Gasteiger charge is 2.48. The van der Waals surface area contributed by atoms with Gasteiger partial charge in [-0.05, 0) is 73.2 Å². The quantitative estimate of drug-likeness (QED) is 0.0431. The largest absolute Gasteiger partial charge is 0.479 e. The number of aliphatic hydroxyl groups is 3. The van der Waals surface area contributed by atoms with E-state index in [-0.39, 0.29) is 36.9 Å². The summed E-state index contributed by atoms with van der Waals surface area (Å²) in [5.74, 6) is -1.49. The highest BCUT2D eigenvalue weighted by molar-refractivity contribution is 5.96. The number of hydrogen-bond donors (Lipinski definition) is 9. The van der Waals surface area contributed by atoms with E-state index in [1.165, 1.54) is 18.2 Å². The zero-order valence-corrected chi connectivity index (χ0v) is 32.6. The van der Waals surface area contributed by atoms with Crippen LogP contribution in [0.3, 0.4) is 0 Å². The highest BCUT2D eigenvalue weighted by Crippen LogP contribution is 2.31. The summed E-state index contributed by atoms with van der Waals surface area (Å²) in [6, 6.07) is 14.4. The first-order valence-electron chi connectivity index (χ1n) is 19.4. The number of carboxylic acids is 1. The van der Waals surface area contributed by atoms with Crippen molar-refractivity contribution in [3.05, 3.63) is 78.1 Å². The van der Waals surface area contributed by atoms with Crippen LogP contribution in [0.2, 0.25) is 0 Å². The molecule has 1 aromatic heterocycles. The number of carbonyl (C=O) groups excluding carboxylic acids is 3. The fourth-order valence-corrected chi connectivity index (χ4v) is 6.63. The molecule has 2 aliphatic heterocycles. The monoisotopic (exact) mass is 831 g/mol. The Labute approximate surface area is 345 Å². The highest BCUT2D eigenvalue weighted by atomic mass is 16.7. The van der Waals surface area contributed by atoms with Crippen LogP contribution in [0.1, 0.15) is 54.4 Å². The van der Waals surface area contributed by atoms with E-state index in [4.69, 9.17) is 25.2 Å². The number of carboxylic acid groups (broad SMARTS) is 1. The number of guanidine groups is 1. The minimum atomic E-state index is -1.93.